The van der Waals surface area contributed by atoms with Gasteiger partial charge in [-0.05, 0) is 32.0 Å². The summed E-state index contributed by atoms with van der Waals surface area (Å²) in [6.07, 6.45) is 1.27. The summed E-state index contributed by atoms with van der Waals surface area (Å²) in [6.45, 7) is 3.78. The maximum atomic E-state index is 12.7. The Balaban J connectivity index is 1.91. The van der Waals surface area contributed by atoms with Gasteiger partial charge in [-0.1, -0.05) is 0 Å². The number of nitrogens with zero attached hydrogens (tertiary/aromatic N) is 3. The minimum Gasteiger partial charge on any atom is -0.480 e. The van der Waals surface area contributed by atoms with E-state index in [9.17, 15) is 14.7 Å². The predicted octanol–water partition coefficient (Wildman–Crippen LogP) is 2.03. The highest BCUT2D eigenvalue weighted by Crippen LogP contribution is 2.30. The van der Waals surface area contributed by atoms with Crippen molar-refractivity contribution in [2.75, 3.05) is 17.4 Å². The second kappa shape index (κ2) is 7.46. The number of carbonyl (C=O) groups excluding carboxylic acids is 1. The van der Waals surface area contributed by atoms with Crippen LogP contribution in [-0.2, 0) is 6.54 Å². The number of fused-ring (bicyclic) bond motifs is 1. The molecule has 2 aromatic heterocycles. The van der Waals surface area contributed by atoms with Crippen molar-refractivity contribution < 1.29 is 24.2 Å². The van der Waals surface area contributed by atoms with E-state index in [2.05, 4.69) is 20.7 Å². The van der Waals surface area contributed by atoms with Crippen LogP contribution in [0.25, 0.3) is 0 Å². The number of methoxy groups -OCH3 is 1. The number of hydrogen-bond acceptors (Lipinski definition) is 7. The maximum absolute atomic E-state index is 12.7. The van der Waals surface area contributed by atoms with E-state index >= 15 is 0 Å². The number of urea groups is 1. The fraction of sp³-hybridized carbons (Fsp3) is 0.294. The number of rotatable bonds is 5. The van der Waals surface area contributed by atoms with Crippen LogP contribution in [0, 0.1) is 0 Å². The van der Waals surface area contributed by atoms with Gasteiger partial charge in [-0.25, -0.2) is 25.0 Å². The molecule has 1 aliphatic rings. The topological polar surface area (TPSA) is 126 Å². The van der Waals surface area contributed by atoms with E-state index in [0.29, 0.717) is 11.3 Å². The molecule has 10 heteroatoms. The van der Waals surface area contributed by atoms with Crippen molar-refractivity contribution in [1.29, 1.82) is 0 Å². The van der Waals surface area contributed by atoms with Gasteiger partial charge in [0.25, 0.3) is 0 Å². The zero-order valence-electron chi connectivity index (χ0n) is 15.0. The molecule has 27 heavy (non-hydrogen) atoms. The van der Waals surface area contributed by atoms with Gasteiger partial charge in [0, 0.05) is 18.3 Å². The third kappa shape index (κ3) is 3.75. The molecule has 0 unspecified atom stereocenters. The summed E-state index contributed by atoms with van der Waals surface area (Å²) in [4.78, 5) is 32.4. The largest absolute Gasteiger partial charge is 0.480 e. The van der Waals surface area contributed by atoms with Crippen molar-refractivity contribution in [2.24, 2.45) is 0 Å². The van der Waals surface area contributed by atoms with Crippen molar-refractivity contribution in [3.05, 3.63) is 35.5 Å². The molecular formula is C17H19N5O5. The Morgan fingerprint density at radius 1 is 1.37 bits per heavy atom. The third-order valence-electron chi connectivity index (χ3n) is 3.67. The van der Waals surface area contributed by atoms with Crippen molar-refractivity contribution in [1.82, 2.24) is 15.4 Å². The van der Waals surface area contributed by atoms with Crippen LogP contribution in [0.3, 0.4) is 0 Å². The average molecular weight is 373 g/mol. The molecular weight excluding hydrogens is 354 g/mol. The van der Waals surface area contributed by atoms with Crippen molar-refractivity contribution in [3.63, 3.8) is 0 Å². The monoisotopic (exact) mass is 373 g/mol. The average Bonchev–Trinajstić information content (AvgIpc) is 3.03. The Bertz CT molecular complexity index is 886. The van der Waals surface area contributed by atoms with Gasteiger partial charge in [-0.15, -0.1) is 0 Å². The van der Waals surface area contributed by atoms with Gasteiger partial charge in [0.15, 0.2) is 5.82 Å². The zero-order valence-corrected chi connectivity index (χ0v) is 15.0. The van der Waals surface area contributed by atoms with E-state index in [1.54, 1.807) is 32.2 Å². The first kappa shape index (κ1) is 18.4. The van der Waals surface area contributed by atoms with Crippen LogP contribution in [0.5, 0.6) is 11.8 Å². The number of aromatic nitrogens is 2. The molecule has 0 saturated carbocycles. The molecule has 142 valence electrons. The number of ether oxygens (including phenoxy) is 2. The SMILES string of the molecule is COc1ncccc1NC(=O)N1NCc2cc(C(=O)O)c(OC(C)C)nc21. The van der Waals surface area contributed by atoms with Crippen molar-refractivity contribution in [2.45, 2.75) is 26.5 Å². The van der Waals surface area contributed by atoms with Crippen molar-refractivity contribution >= 4 is 23.5 Å². The van der Waals surface area contributed by atoms with Crippen LogP contribution < -0.4 is 25.2 Å². The predicted molar refractivity (Wildman–Crippen MR) is 96.1 cm³/mol. The van der Waals surface area contributed by atoms with Crippen LogP contribution in [-0.4, -0.2) is 40.3 Å². The molecule has 3 rings (SSSR count). The first-order valence-corrected chi connectivity index (χ1v) is 8.18. The molecule has 0 aromatic carbocycles. The van der Waals surface area contributed by atoms with E-state index in [1.807, 2.05) is 0 Å². The first-order chi connectivity index (χ1) is 12.9. The fourth-order valence-electron chi connectivity index (χ4n) is 2.55. The van der Waals surface area contributed by atoms with Gasteiger partial charge in [-0.2, -0.15) is 4.98 Å². The lowest BCUT2D eigenvalue weighted by Gasteiger charge is -2.19. The minimum absolute atomic E-state index is 0.0447. The fourth-order valence-corrected chi connectivity index (χ4v) is 2.55. The lowest BCUT2D eigenvalue weighted by Crippen LogP contribution is -2.41. The van der Waals surface area contributed by atoms with E-state index < -0.39 is 12.0 Å². The van der Waals surface area contributed by atoms with Crippen LogP contribution in [0.2, 0.25) is 0 Å². The summed E-state index contributed by atoms with van der Waals surface area (Å²) in [6, 6.07) is 4.24. The molecule has 0 bridgehead atoms. The van der Waals surface area contributed by atoms with Gasteiger partial charge >= 0.3 is 12.0 Å². The molecule has 10 nitrogen and oxygen atoms in total. The highest BCUT2D eigenvalue weighted by Gasteiger charge is 2.30. The van der Waals surface area contributed by atoms with Gasteiger partial charge < -0.3 is 19.9 Å². The van der Waals surface area contributed by atoms with Crippen LogP contribution in [0.15, 0.2) is 24.4 Å². The number of hydrazine groups is 1. The van der Waals surface area contributed by atoms with E-state index in [1.165, 1.54) is 18.2 Å². The standard InChI is InChI=1S/C17H19N5O5/c1-9(2)27-14-11(16(23)24)7-10-8-19-22(13(10)21-14)17(25)20-12-5-4-6-18-15(12)26-3/h4-7,9,19H,8H2,1-3H3,(H,20,25)(H,23,24). The third-order valence-corrected chi connectivity index (χ3v) is 3.67. The summed E-state index contributed by atoms with van der Waals surface area (Å²) in [5.74, 6) is -0.653. The van der Waals surface area contributed by atoms with E-state index in [4.69, 9.17) is 9.47 Å². The Morgan fingerprint density at radius 2 is 2.15 bits per heavy atom. The molecule has 0 fully saturated rings. The number of carbonyl (C=O) groups is 2. The minimum atomic E-state index is -1.15. The van der Waals surface area contributed by atoms with Crippen molar-refractivity contribution in [3.8, 4) is 11.8 Å². The van der Waals surface area contributed by atoms with Gasteiger partial charge in [-0.3, -0.25) is 0 Å². The number of nitrogens with one attached hydrogen (secondary N) is 2. The second-order valence-corrected chi connectivity index (χ2v) is 5.96. The molecule has 0 saturated heterocycles. The lowest BCUT2D eigenvalue weighted by molar-refractivity contribution is 0.0689. The Hall–Kier alpha value is -3.40. The number of aromatic carboxylic acids is 1. The zero-order chi connectivity index (χ0) is 19.6. The molecule has 3 heterocycles. The first-order valence-electron chi connectivity index (χ1n) is 8.18. The molecule has 1 aliphatic heterocycles. The number of hydrogen-bond donors (Lipinski definition) is 3. The van der Waals surface area contributed by atoms with Gasteiger partial charge in [0.05, 0.1) is 13.2 Å². The normalized spacial score (nSPS) is 12.7. The van der Waals surface area contributed by atoms with E-state index in [-0.39, 0.29) is 35.8 Å². The van der Waals surface area contributed by atoms with Crippen LogP contribution >= 0.6 is 0 Å². The van der Waals surface area contributed by atoms with Gasteiger partial charge in [0.2, 0.25) is 11.8 Å². The molecule has 0 radical (unpaired) electrons. The highest BCUT2D eigenvalue weighted by molar-refractivity contribution is 6.02. The molecule has 0 spiro atoms. The number of carboxylic acids is 1. The van der Waals surface area contributed by atoms with Crippen LogP contribution in [0.1, 0.15) is 29.8 Å². The summed E-state index contributed by atoms with van der Waals surface area (Å²) < 4.78 is 10.6. The van der Waals surface area contributed by atoms with Crippen LogP contribution in [0.4, 0.5) is 16.3 Å². The number of pyridine rings is 2. The molecule has 3 N–H and O–H groups in total. The molecule has 0 atom stereocenters. The molecule has 0 aliphatic carbocycles. The van der Waals surface area contributed by atoms with E-state index in [0.717, 1.165) is 0 Å². The quantitative estimate of drug-likeness (QED) is 0.727. The smallest absolute Gasteiger partial charge is 0.342 e. The number of anilines is 2. The Labute approximate surface area is 155 Å². The highest BCUT2D eigenvalue weighted by atomic mass is 16.5. The molecule has 2 amide bonds. The second-order valence-electron chi connectivity index (χ2n) is 5.96. The molecule has 2 aromatic rings. The summed E-state index contributed by atoms with van der Waals surface area (Å²) in [7, 11) is 1.45. The lowest BCUT2D eigenvalue weighted by atomic mass is 10.2. The Kier molecular flexibility index (Phi) is 5.08. The van der Waals surface area contributed by atoms with Gasteiger partial charge in [0.1, 0.15) is 11.3 Å². The summed E-state index contributed by atoms with van der Waals surface area (Å²) in [5.41, 5.74) is 3.78. The maximum Gasteiger partial charge on any atom is 0.342 e. The number of carboxylic acid groups (broad SMARTS) is 1. The summed E-state index contributed by atoms with van der Waals surface area (Å²) in [5, 5.41) is 13.3. The summed E-state index contributed by atoms with van der Waals surface area (Å²) >= 11 is 0. The Morgan fingerprint density at radius 3 is 2.81 bits per heavy atom. The number of amides is 2.